The van der Waals surface area contributed by atoms with E-state index in [1.165, 1.54) is 9.75 Å². The van der Waals surface area contributed by atoms with Crippen molar-refractivity contribution in [1.82, 2.24) is 4.98 Å². The predicted molar refractivity (Wildman–Crippen MR) is 69.7 cm³/mol. The van der Waals surface area contributed by atoms with E-state index in [1.54, 1.807) is 6.20 Å². The summed E-state index contributed by atoms with van der Waals surface area (Å²) in [7, 11) is 0. The van der Waals surface area contributed by atoms with Crippen LogP contribution in [0.15, 0.2) is 30.5 Å². The second kappa shape index (κ2) is 4.53. The van der Waals surface area contributed by atoms with Crippen molar-refractivity contribution in [2.75, 3.05) is 11.1 Å². The van der Waals surface area contributed by atoms with Crippen molar-refractivity contribution in [1.29, 1.82) is 0 Å². The highest BCUT2D eigenvalue weighted by atomic mass is 32.1. The third-order valence-electron chi connectivity index (χ3n) is 2.35. The van der Waals surface area contributed by atoms with Crippen LogP contribution in [0.4, 0.5) is 11.5 Å². The van der Waals surface area contributed by atoms with Gasteiger partial charge in [0.25, 0.3) is 0 Å². The van der Waals surface area contributed by atoms with E-state index in [4.69, 9.17) is 5.73 Å². The quantitative estimate of drug-likeness (QED) is 0.856. The SMILES string of the molecule is Cc1ccc(C(C)Nc2ccnc(N)c2)s1. The van der Waals surface area contributed by atoms with Crippen molar-refractivity contribution < 1.29 is 0 Å². The third kappa shape index (κ3) is 2.52. The summed E-state index contributed by atoms with van der Waals surface area (Å²) < 4.78 is 0. The Kier molecular flexibility index (Phi) is 3.10. The van der Waals surface area contributed by atoms with Gasteiger partial charge >= 0.3 is 0 Å². The molecule has 16 heavy (non-hydrogen) atoms. The number of nitrogens with two attached hydrogens (primary N) is 1. The molecule has 1 atom stereocenters. The lowest BCUT2D eigenvalue weighted by Gasteiger charge is -2.13. The fourth-order valence-electron chi connectivity index (χ4n) is 1.55. The van der Waals surface area contributed by atoms with Crippen LogP contribution in [-0.2, 0) is 0 Å². The van der Waals surface area contributed by atoms with Gasteiger partial charge in [0.1, 0.15) is 5.82 Å². The van der Waals surface area contributed by atoms with Crippen molar-refractivity contribution in [3.8, 4) is 0 Å². The second-order valence-corrected chi connectivity index (χ2v) is 5.10. The maximum absolute atomic E-state index is 5.63. The molecule has 0 aliphatic carbocycles. The molecule has 3 N–H and O–H groups in total. The van der Waals surface area contributed by atoms with E-state index >= 15 is 0 Å². The van der Waals surface area contributed by atoms with Gasteiger partial charge in [0, 0.05) is 27.7 Å². The smallest absolute Gasteiger partial charge is 0.125 e. The van der Waals surface area contributed by atoms with Crippen molar-refractivity contribution in [2.24, 2.45) is 0 Å². The molecular weight excluding hydrogens is 218 g/mol. The Morgan fingerprint density at radius 2 is 2.19 bits per heavy atom. The number of aryl methyl sites for hydroxylation is 1. The van der Waals surface area contributed by atoms with E-state index in [-0.39, 0.29) is 0 Å². The molecule has 0 fully saturated rings. The summed E-state index contributed by atoms with van der Waals surface area (Å²) in [5, 5.41) is 3.40. The van der Waals surface area contributed by atoms with Crippen LogP contribution in [0.25, 0.3) is 0 Å². The standard InChI is InChI=1S/C12H15N3S/c1-8-3-4-11(16-8)9(2)15-10-5-6-14-12(13)7-10/h3-7,9H,1-2H3,(H3,13,14,15). The van der Waals surface area contributed by atoms with E-state index in [9.17, 15) is 0 Å². The van der Waals surface area contributed by atoms with Gasteiger partial charge in [0.2, 0.25) is 0 Å². The molecule has 2 aromatic heterocycles. The van der Waals surface area contributed by atoms with E-state index in [1.807, 2.05) is 23.5 Å². The number of thiophene rings is 1. The lowest BCUT2D eigenvalue weighted by atomic mass is 10.2. The van der Waals surface area contributed by atoms with Crippen molar-refractivity contribution in [2.45, 2.75) is 19.9 Å². The summed E-state index contributed by atoms with van der Waals surface area (Å²) in [6.07, 6.45) is 1.71. The van der Waals surface area contributed by atoms with Gasteiger partial charge < -0.3 is 11.1 Å². The van der Waals surface area contributed by atoms with Crippen LogP contribution in [0.2, 0.25) is 0 Å². The summed E-state index contributed by atoms with van der Waals surface area (Å²) in [5.41, 5.74) is 6.63. The summed E-state index contributed by atoms with van der Waals surface area (Å²) in [6.45, 7) is 4.26. The Labute approximate surface area is 99.3 Å². The van der Waals surface area contributed by atoms with Crippen LogP contribution in [0, 0.1) is 6.92 Å². The first kappa shape index (κ1) is 11.0. The Morgan fingerprint density at radius 3 is 2.81 bits per heavy atom. The number of nitrogens with zero attached hydrogens (tertiary/aromatic N) is 1. The molecular formula is C12H15N3S. The molecule has 0 aliphatic heterocycles. The van der Waals surface area contributed by atoms with Gasteiger partial charge in [-0.2, -0.15) is 0 Å². The minimum absolute atomic E-state index is 0.292. The van der Waals surface area contributed by atoms with Gasteiger partial charge in [0.15, 0.2) is 0 Å². The molecule has 4 heteroatoms. The number of hydrogen-bond acceptors (Lipinski definition) is 4. The fraction of sp³-hybridized carbons (Fsp3) is 0.250. The number of aromatic nitrogens is 1. The van der Waals surface area contributed by atoms with Gasteiger partial charge in [-0.25, -0.2) is 4.98 Å². The zero-order valence-corrected chi connectivity index (χ0v) is 10.2. The highest BCUT2D eigenvalue weighted by molar-refractivity contribution is 7.12. The number of nitrogens with one attached hydrogen (secondary N) is 1. The largest absolute Gasteiger partial charge is 0.384 e. The summed E-state index contributed by atoms with van der Waals surface area (Å²) >= 11 is 1.81. The monoisotopic (exact) mass is 233 g/mol. The predicted octanol–water partition coefficient (Wildman–Crippen LogP) is 3.21. The molecule has 2 heterocycles. The number of hydrogen-bond donors (Lipinski definition) is 2. The molecule has 0 spiro atoms. The third-order valence-corrected chi connectivity index (χ3v) is 3.54. The van der Waals surface area contributed by atoms with Crippen LogP contribution in [-0.4, -0.2) is 4.98 Å². The first-order valence-electron chi connectivity index (χ1n) is 5.19. The van der Waals surface area contributed by atoms with Crippen LogP contribution >= 0.6 is 11.3 Å². The maximum atomic E-state index is 5.63. The topological polar surface area (TPSA) is 50.9 Å². The van der Waals surface area contributed by atoms with E-state index in [2.05, 4.69) is 36.3 Å². The average Bonchev–Trinajstić information content (AvgIpc) is 2.65. The second-order valence-electron chi connectivity index (χ2n) is 3.78. The van der Waals surface area contributed by atoms with Crippen LogP contribution in [0.5, 0.6) is 0 Å². The normalized spacial score (nSPS) is 12.4. The van der Waals surface area contributed by atoms with Crippen molar-refractivity contribution >= 4 is 22.8 Å². The number of pyridine rings is 1. The van der Waals surface area contributed by atoms with Crippen LogP contribution in [0.1, 0.15) is 22.7 Å². The molecule has 84 valence electrons. The zero-order valence-electron chi connectivity index (χ0n) is 9.40. The molecule has 0 saturated heterocycles. The Bertz CT molecular complexity index is 479. The highest BCUT2D eigenvalue weighted by Gasteiger charge is 2.07. The minimum Gasteiger partial charge on any atom is -0.384 e. The van der Waals surface area contributed by atoms with Gasteiger partial charge in [-0.3, -0.25) is 0 Å². The van der Waals surface area contributed by atoms with Gasteiger partial charge in [0.05, 0.1) is 6.04 Å². The Balaban J connectivity index is 2.10. The average molecular weight is 233 g/mol. The molecule has 0 bridgehead atoms. The lowest BCUT2D eigenvalue weighted by Crippen LogP contribution is -2.05. The highest BCUT2D eigenvalue weighted by Crippen LogP contribution is 2.25. The molecule has 2 rings (SSSR count). The first-order valence-corrected chi connectivity index (χ1v) is 6.01. The maximum Gasteiger partial charge on any atom is 0.125 e. The van der Waals surface area contributed by atoms with Crippen LogP contribution < -0.4 is 11.1 Å². The van der Waals surface area contributed by atoms with E-state index in [0.717, 1.165) is 5.69 Å². The minimum atomic E-state index is 0.292. The summed E-state index contributed by atoms with van der Waals surface area (Å²) in [4.78, 5) is 6.62. The Hall–Kier alpha value is -1.55. The van der Waals surface area contributed by atoms with E-state index in [0.29, 0.717) is 11.9 Å². The number of anilines is 2. The molecule has 0 amide bonds. The fourth-order valence-corrected chi connectivity index (χ4v) is 2.43. The van der Waals surface area contributed by atoms with Crippen molar-refractivity contribution in [3.63, 3.8) is 0 Å². The molecule has 1 unspecified atom stereocenters. The number of nitrogen functional groups attached to an aromatic ring is 1. The molecule has 0 saturated carbocycles. The first-order chi connectivity index (χ1) is 7.65. The molecule has 2 aromatic rings. The lowest BCUT2D eigenvalue weighted by molar-refractivity contribution is 0.907. The van der Waals surface area contributed by atoms with Crippen LogP contribution in [0.3, 0.4) is 0 Å². The van der Waals surface area contributed by atoms with Gasteiger partial charge in [-0.05, 0) is 32.0 Å². The van der Waals surface area contributed by atoms with E-state index < -0.39 is 0 Å². The Morgan fingerprint density at radius 1 is 1.38 bits per heavy atom. The van der Waals surface area contributed by atoms with Gasteiger partial charge in [-0.1, -0.05) is 0 Å². The number of rotatable bonds is 3. The zero-order chi connectivity index (χ0) is 11.5. The van der Waals surface area contributed by atoms with Crippen molar-refractivity contribution in [3.05, 3.63) is 40.2 Å². The molecule has 0 aliphatic rings. The molecule has 0 radical (unpaired) electrons. The molecule has 0 aromatic carbocycles. The molecule has 3 nitrogen and oxygen atoms in total. The van der Waals surface area contributed by atoms with Gasteiger partial charge in [-0.15, -0.1) is 11.3 Å². The summed E-state index contributed by atoms with van der Waals surface area (Å²) in [6, 6.07) is 8.35. The summed E-state index contributed by atoms with van der Waals surface area (Å²) in [5.74, 6) is 0.541.